The third kappa shape index (κ3) is 3.49. The molecule has 0 aromatic heterocycles. The zero-order valence-corrected chi connectivity index (χ0v) is 13.3. The second-order valence-corrected chi connectivity index (χ2v) is 5.50. The van der Waals surface area contributed by atoms with E-state index in [9.17, 15) is 14.1 Å². The van der Waals surface area contributed by atoms with Crippen molar-refractivity contribution in [1.82, 2.24) is 0 Å². The molecule has 2 aromatic carbocycles. The molecule has 0 aliphatic rings. The molecule has 0 amide bonds. The lowest BCUT2D eigenvalue weighted by Crippen LogP contribution is -2.02. The van der Waals surface area contributed by atoms with E-state index in [1.54, 1.807) is 24.3 Å². The number of carbonyl (C=O) groups is 1. The number of rotatable bonds is 6. The first-order valence-corrected chi connectivity index (χ1v) is 7.68. The standard InChI is InChI=1S/C17H16O4S/c1-3-14-16(9-8-15(11(2)18)17(14)19)21-10-12-4-6-13(22-20)7-5-12/h4-9H,3,10H2,1-2H3/p+1. The maximum absolute atomic E-state index is 11.5. The molecule has 0 atom stereocenters. The molecule has 0 heterocycles. The molecule has 0 aliphatic carbocycles. The molecule has 0 fully saturated rings. The molecule has 0 spiro atoms. The highest BCUT2D eigenvalue weighted by Gasteiger charge is 2.15. The second-order valence-electron chi connectivity index (χ2n) is 4.86. The summed E-state index contributed by atoms with van der Waals surface area (Å²) in [6.07, 6.45) is 0.564. The van der Waals surface area contributed by atoms with Crippen molar-refractivity contribution in [2.24, 2.45) is 0 Å². The van der Waals surface area contributed by atoms with E-state index in [1.165, 1.54) is 6.92 Å². The van der Waals surface area contributed by atoms with E-state index in [0.717, 1.165) is 5.56 Å². The van der Waals surface area contributed by atoms with Gasteiger partial charge >= 0.3 is 11.7 Å². The summed E-state index contributed by atoms with van der Waals surface area (Å²) in [6, 6.07) is 10.4. The van der Waals surface area contributed by atoms with Crippen LogP contribution in [0.4, 0.5) is 0 Å². The highest BCUT2D eigenvalue weighted by atomic mass is 32.1. The summed E-state index contributed by atoms with van der Waals surface area (Å²) in [5.41, 5.74) is 1.86. The average Bonchev–Trinajstić information content (AvgIpc) is 2.53. The SMILES string of the molecule is CCc1c(OCc2ccc([S+]=O)cc2)ccc(C(C)=O)c1O. The molecule has 5 heteroatoms. The summed E-state index contributed by atoms with van der Waals surface area (Å²) < 4.78 is 16.4. The van der Waals surface area contributed by atoms with Gasteiger partial charge < -0.3 is 9.84 Å². The van der Waals surface area contributed by atoms with Crippen LogP contribution < -0.4 is 4.74 Å². The van der Waals surface area contributed by atoms with Gasteiger partial charge in [-0.25, -0.2) is 0 Å². The van der Waals surface area contributed by atoms with Gasteiger partial charge in [-0.1, -0.05) is 6.92 Å². The van der Waals surface area contributed by atoms with Crippen molar-refractivity contribution < 1.29 is 18.8 Å². The number of Topliss-reactive ketones (excluding diaryl/α,β-unsaturated/α-hetero) is 1. The number of phenols is 1. The van der Waals surface area contributed by atoms with Gasteiger partial charge in [-0.3, -0.25) is 4.79 Å². The van der Waals surface area contributed by atoms with Crippen LogP contribution in [0.2, 0.25) is 0 Å². The first-order valence-electron chi connectivity index (χ1n) is 6.94. The van der Waals surface area contributed by atoms with Crippen LogP contribution in [0.3, 0.4) is 0 Å². The monoisotopic (exact) mass is 317 g/mol. The summed E-state index contributed by atoms with van der Waals surface area (Å²) >= 11 is 0.448. The first kappa shape index (κ1) is 16.1. The van der Waals surface area contributed by atoms with Crippen LogP contribution in [-0.4, -0.2) is 10.9 Å². The van der Waals surface area contributed by atoms with Gasteiger partial charge in [-0.15, -0.1) is 0 Å². The van der Waals surface area contributed by atoms with Crippen LogP contribution in [0.15, 0.2) is 41.3 Å². The molecule has 0 aliphatic heterocycles. The topological polar surface area (TPSA) is 63.6 Å². The molecule has 0 radical (unpaired) electrons. The largest absolute Gasteiger partial charge is 0.507 e. The minimum absolute atomic E-state index is 0.00870. The summed E-state index contributed by atoms with van der Waals surface area (Å²) in [5, 5.41) is 10.2. The third-order valence-corrected chi connectivity index (χ3v) is 3.85. The molecule has 0 saturated heterocycles. The van der Waals surface area contributed by atoms with Crippen LogP contribution in [-0.2, 0) is 28.9 Å². The number of benzene rings is 2. The lowest BCUT2D eigenvalue weighted by atomic mass is 10.0. The molecule has 0 bridgehead atoms. The quantitative estimate of drug-likeness (QED) is 0.654. The Labute approximate surface area is 133 Å². The van der Waals surface area contributed by atoms with E-state index < -0.39 is 0 Å². The third-order valence-electron chi connectivity index (χ3n) is 3.39. The molecule has 1 N–H and O–H groups in total. The van der Waals surface area contributed by atoms with Gasteiger partial charge in [0.1, 0.15) is 18.1 Å². The lowest BCUT2D eigenvalue weighted by Gasteiger charge is -2.13. The lowest BCUT2D eigenvalue weighted by molar-refractivity contribution is 0.101. The summed E-state index contributed by atoms with van der Waals surface area (Å²) in [7, 11) is 0. The van der Waals surface area contributed by atoms with Gasteiger partial charge in [0.05, 0.1) is 5.56 Å². The van der Waals surface area contributed by atoms with E-state index in [4.69, 9.17) is 4.74 Å². The predicted octanol–water partition coefficient (Wildman–Crippen LogP) is 3.52. The zero-order valence-electron chi connectivity index (χ0n) is 12.5. The zero-order chi connectivity index (χ0) is 16.1. The van der Waals surface area contributed by atoms with Crippen molar-refractivity contribution in [2.75, 3.05) is 0 Å². The fourth-order valence-electron chi connectivity index (χ4n) is 2.18. The van der Waals surface area contributed by atoms with Gasteiger partial charge in [-0.05, 0) is 43.2 Å². The molecule has 4 nitrogen and oxygen atoms in total. The van der Waals surface area contributed by atoms with E-state index in [-0.39, 0.29) is 11.5 Å². The second kappa shape index (κ2) is 7.13. The summed E-state index contributed by atoms with van der Waals surface area (Å²) in [6.45, 7) is 3.65. The van der Waals surface area contributed by atoms with Crippen molar-refractivity contribution in [3.05, 3.63) is 53.1 Å². The maximum atomic E-state index is 11.5. The van der Waals surface area contributed by atoms with Crippen LogP contribution in [0.25, 0.3) is 0 Å². The Morgan fingerprint density at radius 3 is 2.41 bits per heavy atom. The Bertz CT molecular complexity index is 693. The van der Waals surface area contributed by atoms with Gasteiger partial charge in [0.25, 0.3) is 4.90 Å². The van der Waals surface area contributed by atoms with E-state index in [1.807, 2.05) is 19.1 Å². The molecule has 0 saturated carbocycles. The van der Waals surface area contributed by atoms with E-state index >= 15 is 0 Å². The highest BCUT2D eigenvalue weighted by Crippen LogP contribution is 2.32. The minimum Gasteiger partial charge on any atom is -0.507 e. The van der Waals surface area contributed by atoms with Crippen molar-refractivity contribution in [3.63, 3.8) is 0 Å². The van der Waals surface area contributed by atoms with Gasteiger partial charge in [0.15, 0.2) is 5.78 Å². The van der Waals surface area contributed by atoms with Crippen molar-refractivity contribution >= 4 is 17.4 Å². The van der Waals surface area contributed by atoms with Crippen LogP contribution >= 0.6 is 0 Å². The summed E-state index contributed by atoms with van der Waals surface area (Å²) in [4.78, 5) is 12.1. The van der Waals surface area contributed by atoms with Crippen molar-refractivity contribution in [1.29, 1.82) is 0 Å². The molecule has 2 aromatic rings. The van der Waals surface area contributed by atoms with Crippen LogP contribution in [0.5, 0.6) is 11.5 Å². The summed E-state index contributed by atoms with van der Waals surface area (Å²) in [5.74, 6) is 0.377. The predicted molar refractivity (Wildman–Crippen MR) is 84.6 cm³/mol. The Morgan fingerprint density at radius 2 is 1.86 bits per heavy atom. The van der Waals surface area contributed by atoms with E-state index in [2.05, 4.69) is 0 Å². The first-order chi connectivity index (χ1) is 10.6. The fourth-order valence-corrected chi connectivity index (χ4v) is 2.43. The number of hydrogen-bond acceptors (Lipinski definition) is 4. The smallest absolute Gasteiger partial charge is 0.505 e. The van der Waals surface area contributed by atoms with Gasteiger partial charge in [0, 0.05) is 21.9 Å². The molecular weight excluding hydrogens is 300 g/mol. The molecule has 0 unspecified atom stereocenters. The minimum atomic E-state index is -0.176. The average molecular weight is 317 g/mol. The van der Waals surface area contributed by atoms with Crippen molar-refractivity contribution in [3.8, 4) is 11.5 Å². The number of carbonyl (C=O) groups excluding carboxylic acids is 1. The van der Waals surface area contributed by atoms with Gasteiger partial charge in [0.2, 0.25) is 0 Å². The fraction of sp³-hybridized carbons (Fsp3) is 0.235. The Morgan fingerprint density at radius 1 is 1.18 bits per heavy atom. The maximum Gasteiger partial charge on any atom is 0.505 e. The highest BCUT2D eigenvalue weighted by molar-refractivity contribution is 7.65. The molecule has 2 rings (SSSR count). The van der Waals surface area contributed by atoms with E-state index in [0.29, 0.717) is 46.5 Å². The Hall–Kier alpha value is -2.27. The number of phenolic OH excluding ortho intramolecular Hbond substituents is 1. The number of ether oxygens (including phenoxy) is 1. The molecular formula is C17H17O4S+. The molecule has 22 heavy (non-hydrogen) atoms. The Balaban J connectivity index is 2.20. The van der Waals surface area contributed by atoms with Crippen molar-refractivity contribution in [2.45, 2.75) is 31.8 Å². The van der Waals surface area contributed by atoms with Gasteiger partial charge in [-0.2, -0.15) is 0 Å². The number of aromatic hydroxyl groups is 1. The van der Waals surface area contributed by atoms with Crippen LogP contribution in [0, 0.1) is 0 Å². The Kier molecular flexibility index (Phi) is 5.22. The normalized spacial score (nSPS) is 10.3. The molecule has 114 valence electrons. The van der Waals surface area contributed by atoms with Crippen LogP contribution in [0.1, 0.15) is 35.3 Å². The number of ketones is 1. The number of hydrogen-bond donors (Lipinski definition) is 1.